The van der Waals surface area contributed by atoms with Crippen LogP contribution in [0.2, 0.25) is 5.02 Å². The summed E-state index contributed by atoms with van der Waals surface area (Å²) in [5, 5.41) is 10.6. The maximum atomic E-state index is 12.9. The van der Waals surface area contributed by atoms with Crippen molar-refractivity contribution in [3.8, 4) is 5.75 Å². The summed E-state index contributed by atoms with van der Waals surface area (Å²) in [7, 11) is 0. The Morgan fingerprint density at radius 2 is 2.05 bits per heavy atom. The molecular formula is C13H13ClF3NO4. The number of hydrogen-bond acceptors (Lipinski definition) is 3. The predicted octanol–water partition coefficient (Wildman–Crippen LogP) is 2.47. The lowest BCUT2D eigenvalue weighted by molar-refractivity contribution is -0.144. The first kappa shape index (κ1) is 18.1. The van der Waals surface area contributed by atoms with Crippen LogP contribution >= 0.6 is 11.6 Å². The van der Waals surface area contributed by atoms with E-state index in [1.807, 2.05) is 5.32 Å². The molecule has 1 aromatic carbocycles. The number of carbonyl (C=O) groups excluding carboxylic acids is 1. The number of nitrogens with one attached hydrogen (secondary N) is 1. The fourth-order valence-corrected chi connectivity index (χ4v) is 1.72. The van der Waals surface area contributed by atoms with Crippen molar-refractivity contribution in [3.63, 3.8) is 0 Å². The molecule has 122 valence electrons. The number of carboxylic acids is 1. The van der Waals surface area contributed by atoms with Crippen molar-refractivity contribution in [2.24, 2.45) is 0 Å². The number of rotatable bonds is 7. The zero-order valence-electron chi connectivity index (χ0n) is 11.4. The molecule has 2 atom stereocenters. The number of benzene rings is 1. The molecule has 0 saturated carbocycles. The molecule has 22 heavy (non-hydrogen) atoms. The zero-order valence-corrected chi connectivity index (χ0v) is 12.1. The Hall–Kier alpha value is -1.96. The van der Waals surface area contributed by atoms with Crippen LogP contribution in [-0.4, -0.2) is 35.6 Å². The molecule has 0 aliphatic rings. The normalized spacial score (nSPS) is 13.5. The minimum atomic E-state index is -2.89. The molecule has 0 fully saturated rings. The molecule has 0 heterocycles. The van der Waals surface area contributed by atoms with Crippen LogP contribution in [0, 0.1) is 5.82 Å². The number of alkyl halides is 2. The Morgan fingerprint density at radius 3 is 2.55 bits per heavy atom. The quantitative estimate of drug-likeness (QED) is 0.800. The lowest BCUT2D eigenvalue weighted by Gasteiger charge is -2.19. The summed E-state index contributed by atoms with van der Waals surface area (Å²) in [6, 6.07) is 1.48. The van der Waals surface area contributed by atoms with Crippen LogP contribution in [-0.2, 0) is 9.59 Å². The van der Waals surface area contributed by atoms with E-state index < -0.39 is 42.7 Å². The van der Waals surface area contributed by atoms with Crippen LogP contribution in [0.15, 0.2) is 18.2 Å². The molecule has 0 aliphatic carbocycles. The number of carbonyl (C=O) groups is 2. The maximum absolute atomic E-state index is 12.9. The van der Waals surface area contributed by atoms with E-state index in [2.05, 4.69) is 0 Å². The van der Waals surface area contributed by atoms with E-state index in [9.17, 15) is 22.8 Å². The molecule has 2 unspecified atom stereocenters. The molecule has 0 radical (unpaired) electrons. The molecule has 0 saturated heterocycles. The minimum absolute atomic E-state index is 0.00597. The Bertz CT molecular complexity index is 556. The summed E-state index contributed by atoms with van der Waals surface area (Å²) in [5.74, 6) is -3.09. The molecule has 1 rings (SSSR count). The number of ether oxygens (including phenoxy) is 1. The summed E-state index contributed by atoms with van der Waals surface area (Å²) in [4.78, 5) is 22.6. The second-order valence-corrected chi connectivity index (χ2v) is 4.77. The second-order valence-electron chi connectivity index (χ2n) is 4.36. The summed E-state index contributed by atoms with van der Waals surface area (Å²) >= 11 is 5.71. The van der Waals surface area contributed by atoms with Gasteiger partial charge in [-0.05, 0) is 25.1 Å². The SMILES string of the molecule is CC(Oc1ccc(F)cc1Cl)C(=O)NC(CC(F)F)C(=O)O. The first-order valence-electron chi connectivity index (χ1n) is 6.13. The summed E-state index contributed by atoms with van der Waals surface area (Å²) < 4.78 is 42.5. The fraction of sp³-hybridized carbons (Fsp3) is 0.385. The Balaban J connectivity index is 2.69. The van der Waals surface area contributed by atoms with Gasteiger partial charge in [0.1, 0.15) is 17.6 Å². The lowest BCUT2D eigenvalue weighted by Crippen LogP contribution is -2.47. The van der Waals surface area contributed by atoms with Crippen LogP contribution in [0.3, 0.4) is 0 Å². The monoisotopic (exact) mass is 339 g/mol. The number of amides is 1. The Kier molecular flexibility index (Phi) is 6.48. The standard InChI is InChI=1S/C13H13ClF3NO4/c1-6(22-10-3-2-7(15)4-8(10)14)12(19)18-9(13(20)21)5-11(16)17/h2-4,6,9,11H,5H2,1H3,(H,18,19)(H,20,21). The van der Waals surface area contributed by atoms with Gasteiger partial charge in [0.15, 0.2) is 6.10 Å². The van der Waals surface area contributed by atoms with E-state index in [0.29, 0.717) is 0 Å². The molecule has 5 nitrogen and oxygen atoms in total. The van der Waals surface area contributed by atoms with E-state index >= 15 is 0 Å². The average molecular weight is 340 g/mol. The number of halogens is 4. The van der Waals surface area contributed by atoms with Crippen molar-refractivity contribution in [2.75, 3.05) is 0 Å². The first-order valence-corrected chi connectivity index (χ1v) is 6.51. The molecule has 9 heteroatoms. The van der Waals surface area contributed by atoms with Crippen molar-refractivity contribution in [1.29, 1.82) is 0 Å². The minimum Gasteiger partial charge on any atom is -0.480 e. The number of carboxylic acid groups (broad SMARTS) is 1. The van der Waals surface area contributed by atoms with Crippen LogP contribution in [0.25, 0.3) is 0 Å². The van der Waals surface area contributed by atoms with Crippen molar-refractivity contribution < 1.29 is 32.6 Å². The average Bonchev–Trinajstić information content (AvgIpc) is 2.40. The Morgan fingerprint density at radius 1 is 1.41 bits per heavy atom. The van der Waals surface area contributed by atoms with Crippen LogP contribution in [0.4, 0.5) is 13.2 Å². The molecular weight excluding hydrogens is 327 g/mol. The van der Waals surface area contributed by atoms with Crippen molar-refractivity contribution in [2.45, 2.75) is 31.9 Å². The van der Waals surface area contributed by atoms with Gasteiger partial charge in [0.25, 0.3) is 5.91 Å². The topological polar surface area (TPSA) is 75.6 Å². The van der Waals surface area contributed by atoms with Gasteiger partial charge in [0, 0.05) is 6.42 Å². The van der Waals surface area contributed by atoms with Gasteiger partial charge >= 0.3 is 5.97 Å². The second kappa shape index (κ2) is 7.88. The van der Waals surface area contributed by atoms with Crippen LogP contribution < -0.4 is 10.1 Å². The zero-order chi connectivity index (χ0) is 16.9. The van der Waals surface area contributed by atoms with Crippen LogP contribution in [0.1, 0.15) is 13.3 Å². The molecule has 0 bridgehead atoms. The highest BCUT2D eigenvalue weighted by Crippen LogP contribution is 2.25. The van der Waals surface area contributed by atoms with Gasteiger partial charge < -0.3 is 15.2 Å². The predicted molar refractivity (Wildman–Crippen MR) is 71.7 cm³/mol. The molecule has 1 aromatic rings. The highest BCUT2D eigenvalue weighted by molar-refractivity contribution is 6.32. The van der Waals surface area contributed by atoms with Gasteiger partial charge in [-0.3, -0.25) is 4.79 Å². The van der Waals surface area contributed by atoms with Gasteiger partial charge in [-0.1, -0.05) is 11.6 Å². The number of hydrogen-bond donors (Lipinski definition) is 2. The van der Waals surface area contributed by atoms with Gasteiger partial charge in [0.05, 0.1) is 5.02 Å². The Labute approximate surface area is 129 Å². The highest BCUT2D eigenvalue weighted by Gasteiger charge is 2.27. The highest BCUT2D eigenvalue weighted by atomic mass is 35.5. The van der Waals surface area contributed by atoms with E-state index in [1.165, 1.54) is 13.0 Å². The summed E-state index contributed by atoms with van der Waals surface area (Å²) in [5.41, 5.74) is 0. The third-order valence-electron chi connectivity index (χ3n) is 2.60. The molecule has 1 amide bonds. The van der Waals surface area contributed by atoms with Gasteiger partial charge in [-0.2, -0.15) is 0 Å². The van der Waals surface area contributed by atoms with Gasteiger partial charge in [-0.25, -0.2) is 18.0 Å². The van der Waals surface area contributed by atoms with Gasteiger partial charge in [0.2, 0.25) is 6.43 Å². The van der Waals surface area contributed by atoms with Crippen molar-refractivity contribution in [3.05, 3.63) is 29.0 Å². The summed E-state index contributed by atoms with van der Waals surface area (Å²) in [6.07, 6.45) is -5.11. The molecule has 0 spiro atoms. The van der Waals surface area contributed by atoms with E-state index in [1.54, 1.807) is 0 Å². The van der Waals surface area contributed by atoms with E-state index in [0.717, 1.165) is 12.1 Å². The largest absolute Gasteiger partial charge is 0.480 e. The molecule has 2 N–H and O–H groups in total. The first-order chi connectivity index (χ1) is 10.2. The van der Waals surface area contributed by atoms with E-state index in [-0.39, 0.29) is 10.8 Å². The number of aliphatic carboxylic acids is 1. The van der Waals surface area contributed by atoms with Crippen molar-refractivity contribution in [1.82, 2.24) is 5.32 Å². The van der Waals surface area contributed by atoms with Crippen molar-refractivity contribution >= 4 is 23.5 Å². The maximum Gasteiger partial charge on any atom is 0.326 e. The van der Waals surface area contributed by atoms with E-state index in [4.69, 9.17) is 21.4 Å². The van der Waals surface area contributed by atoms with Crippen LogP contribution in [0.5, 0.6) is 5.75 Å². The molecule has 0 aromatic heterocycles. The smallest absolute Gasteiger partial charge is 0.326 e. The lowest BCUT2D eigenvalue weighted by atomic mass is 10.2. The molecule has 0 aliphatic heterocycles. The third kappa shape index (κ3) is 5.44. The van der Waals surface area contributed by atoms with Gasteiger partial charge in [-0.15, -0.1) is 0 Å². The summed E-state index contributed by atoms with van der Waals surface area (Å²) in [6.45, 7) is 1.27. The third-order valence-corrected chi connectivity index (χ3v) is 2.89. The fourth-order valence-electron chi connectivity index (χ4n) is 1.50.